The summed E-state index contributed by atoms with van der Waals surface area (Å²) in [6, 6.07) is 0. The molecule has 0 bridgehead atoms. The second-order valence-electron chi connectivity index (χ2n) is 2.92. The van der Waals surface area contributed by atoms with Crippen LogP contribution in [0.4, 0.5) is 0 Å². The van der Waals surface area contributed by atoms with Crippen LogP contribution in [0.3, 0.4) is 0 Å². The van der Waals surface area contributed by atoms with E-state index in [1.165, 1.54) is 12.8 Å². The van der Waals surface area contributed by atoms with Gasteiger partial charge in [-0.05, 0) is 32.5 Å². The van der Waals surface area contributed by atoms with Crippen LogP contribution in [0.2, 0.25) is 0 Å². The minimum Gasteiger partial charge on any atom is -0.317 e. The van der Waals surface area contributed by atoms with Crippen molar-refractivity contribution in [2.45, 2.75) is 19.8 Å². The smallest absolute Gasteiger partial charge is 0.0137 e. The molecule has 2 heteroatoms. The van der Waals surface area contributed by atoms with Crippen molar-refractivity contribution in [3.63, 3.8) is 0 Å². The maximum absolute atomic E-state index is 3.33. The molecule has 0 fully saturated rings. The zero-order valence-electron chi connectivity index (χ0n) is 7.32. The minimum absolute atomic E-state index is 1.07. The molecule has 0 unspecified atom stereocenters. The fraction of sp³-hybridized carbons (Fsp3) is 0.778. The third kappa shape index (κ3) is 3.54. The highest BCUT2D eigenvalue weighted by Crippen LogP contribution is 2.07. The van der Waals surface area contributed by atoms with Crippen molar-refractivity contribution in [3.05, 3.63) is 11.6 Å². The van der Waals surface area contributed by atoms with Gasteiger partial charge >= 0.3 is 0 Å². The van der Waals surface area contributed by atoms with Crippen molar-refractivity contribution in [3.8, 4) is 0 Å². The molecule has 1 aliphatic heterocycles. The van der Waals surface area contributed by atoms with Gasteiger partial charge in [0, 0.05) is 6.54 Å². The Morgan fingerprint density at radius 2 is 2.55 bits per heavy atom. The first-order valence-corrected chi connectivity index (χ1v) is 4.53. The van der Waals surface area contributed by atoms with Gasteiger partial charge in [0.15, 0.2) is 0 Å². The number of hydrogen-bond donors (Lipinski definition) is 2. The quantitative estimate of drug-likeness (QED) is 0.464. The van der Waals surface area contributed by atoms with E-state index in [1.807, 2.05) is 0 Å². The van der Waals surface area contributed by atoms with E-state index < -0.39 is 0 Å². The molecule has 0 saturated heterocycles. The summed E-state index contributed by atoms with van der Waals surface area (Å²) in [5, 5.41) is 6.64. The molecule has 0 saturated carbocycles. The fourth-order valence-corrected chi connectivity index (χ4v) is 1.32. The van der Waals surface area contributed by atoms with Gasteiger partial charge in [-0.25, -0.2) is 0 Å². The first-order valence-electron chi connectivity index (χ1n) is 4.53. The standard InChI is InChI=1S/C9H18N2/c1-2-10-6-3-9-4-7-11-8-5-9/h4,10-11H,2-3,5-8H2,1H3. The van der Waals surface area contributed by atoms with Crippen LogP contribution >= 0.6 is 0 Å². The van der Waals surface area contributed by atoms with Crippen LogP contribution in [0.15, 0.2) is 11.6 Å². The second kappa shape index (κ2) is 5.33. The van der Waals surface area contributed by atoms with Crippen molar-refractivity contribution >= 4 is 0 Å². The molecule has 2 N–H and O–H groups in total. The molecule has 1 aliphatic rings. The van der Waals surface area contributed by atoms with E-state index in [4.69, 9.17) is 0 Å². The highest BCUT2D eigenvalue weighted by Gasteiger charge is 2.00. The Bertz CT molecular complexity index is 130. The van der Waals surface area contributed by atoms with E-state index in [0.717, 1.165) is 26.2 Å². The normalized spacial score (nSPS) is 18.1. The predicted octanol–water partition coefficient (Wildman–Crippen LogP) is 0.906. The largest absolute Gasteiger partial charge is 0.317 e. The van der Waals surface area contributed by atoms with Gasteiger partial charge in [0.25, 0.3) is 0 Å². The summed E-state index contributed by atoms with van der Waals surface area (Å²) in [4.78, 5) is 0. The van der Waals surface area contributed by atoms with Gasteiger partial charge in [0.05, 0.1) is 0 Å². The zero-order chi connectivity index (χ0) is 7.94. The van der Waals surface area contributed by atoms with Crippen LogP contribution in [0.5, 0.6) is 0 Å². The molecular weight excluding hydrogens is 136 g/mol. The van der Waals surface area contributed by atoms with Crippen molar-refractivity contribution in [1.82, 2.24) is 10.6 Å². The van der Waals surface area contributed by atoms with Crippen molar-refractivity contribution in [2.75, 3.05) is 26.2 Å². The lowest BCUT2D eigenvalue weighted by molar-refractivity contribution is 0.648. The van der Waals surface area contributed by atoms with E-state index in [0.29, 0.717) is 0 Å². The van der Waals surface area contributed by atoms with E-state index in [9.17, 15) is 0 Å². The molecule has 2 nitrogen and oxygen atoms in total. The summed E-state index contributed by atoms with van der Waals surface area (Å²) >= 11 is 0. The maximum Gasteiger partial charge on any atom is 0.0137 e. The van der Waals surface area contributed by atoms with Crippen LogP contribution in [0, 0.1) is 0 Å². The molecular formula is C9H18N2. The van der Waals surface area contributed by atoms with Gasteiger partial charge < -0.3 is 10.6 Å². The average molecular weight is 154 g/mol. The van der Waals surface area contributed by atoms with Gasteiger partial charge in [0.2, 0.25) is 0 Å². The first-order chi connectivity index (χ1) is 5.43. The molecule has 64 valence electrons. The molecule has 1 heterocycles. The molecule has 0 radical (unpaired) electrons. The highest BCUT2D eigenvalue weighted by atomic mass is 14.9. The molecule has 1 rings (SSSR count). The topological polar surface area (TPSA) is 24.1 Å². The molecule has 0 aliphatic carbocycles. The van der Waals surface area contributed by atoms with E-state index in [1.54, 1.807) is 5.57 Å². The lowest BCUT2D eigenvalue weighted by Gasteiger charge is -2.13. The zero-order valence-corrected chi connectivity index (χ0v) is 7.32. The Labute approximate surface area is 69.1 Å². The number of rotatable bonds is 4. The highest BCUT2D eigenvalue weighted by molar-refractivity contribution is 5.06. The van der Waals surface area contributed by atoms with Gasteiger partial charge in [-0.2, -0.15) is 0 Å². The summed E-state index contributed by atoms with van der Waals surface area (Å²) in [7, 11) is 0. The van der Waals surface area contributed by atoms with Crippen molar-refractivity contribution in [1.29, 1.82) is 0 Å². The molecule has 0 atom stereocenters. The Morgan fingerprint density at radius 1 is 1.64 bits per heavy atom. The molecule has 0 aromatic heterocycles. The average Bonchev–Trinajstić information content (AvgIpc) is 2.07. The van der Waals surface area contributed by atoms with Crippen molar-refractivity contribution in [2.24, 2.45) is 0 Å². The lowest BCUT2D eigenvalue weighted by Crippen LogP contribution is -2.22. The predicted molar refractivity (Wildman–Crippen MR) is 48.7 cm³/mol. The summed E-state index contributed by atoms with van der Waals surface area (Å²) < 4.78 is 0. The van der Waals surface area contributed by atoms with E-state index >= 15 is 0 Å². The van der Waals surface area contributed by atoms with Crippen molar-refractivity contribution < 1.29 is 0 Å². The fourth-order valence-electron chi connectivity index (χ4n) is 1.32. The van der Waals surface area contributed by atoms with Crippen LogP contribution in [0.25, 0.3) is 0 Å². The SMILES string of the molecule is CCNCCC1=CCNCC1. The maximum atomic E-state index is 3.33. The minimum atomic E-state index is 1.07. The monoisotopic (exact) mass is 154 g/mol. The third-order valence-corrected chi connectivity index (χ3v) is 2.03. The Hall–Kier alpha value is -0.340. The van der Waals surface area contributed by atoms with Gasteiger partial charge in [-0.15, -0.1) is 0 Å². The number of hydrogen-bond acceptors (Lipinski definition) is 2. The van der Waals surface area contributed by atoms with Crippen LogP contribution in [0.1, 0.15) is 19.8 Å². The third-order valence-electron chi connectivity index (χ3n) is 2.03. The van der Waals surface area contributed by atoms with Gasteiger partial charge in [-0.3, -0.25) is 0 Å². The second-order valence-corrected chi connectivity index (χ2v) is 2.92. The lowest BCUT2D eigenvalue weighted by atomic mass is 10.1. The van der Waals surface area contributed by atoms with E-state index in [2.05, 4.69) is 23.6 Å². The van der Waals surface area contributed by atoms with Crippen LogP contribution < -0.4 is 10.6 Å². The van der Waals surface area contributed by atoms with Crippen LogP contribution in [-0.4, -0.2) is 26.2 Å². The van der Waals surface area contributed by atoms with Gasteiger partial charge in [0.1, 0.15) is 0 Å². The molecule has 0 aromatic carbocycles. The van der Waals surface area contributed by atoms with Crippen LogP contribution in [-0.2, 0) is 0 Å². The summed E-state index contributed by atoms with van der Waals surface area (Å²) in [5.74, 6) is 0. The molecule has 0 spiro atoms. The Morgan fingerprint density at radius 3 is 3.18 bits per heavy atom. The Kier molecular flexibility index (Phi) is 4.24. The van der Waals surface area contributed by atoms with E-state index in [-0.39, 0.29) is 0 Å². The first kappa shape index (κ1) is 8.75. The number of nitrogens with one attached hydrogen (secondary N) is 2. The molecule has 0 aromatic rings. The summed E-state index contributed by atoms with van der Waals surface area (Å²) in [6.07, 6.45) is 4.79. The van der Waals surface area contributed by atoms with Gasteiger partial charge in [-0.1, -0.05) is 18.6 Å². The summed E-state index contributed by atoms with van der Waals surface area (Å²) in [6.45, 7) is 6.62. The molecule has 11 heavy (non-hydrogen) atoms. The summed E-state index contributed by atoms with van der Waals surface area (Å²) in [5.41, 5.74) is 1.62. The Balaban J connectivity index is 2.09. The molecule has 0 amide bonds.